The predicted octanol–water partition coefficient (Wildman–Crippen LogP) is 2.95. The second-order valence-corrected chi connectivity index (χ2v) is 4.35. The standard InChI is InChI=1S/C15H13N3O3/c1-11-9-13(18(20)21)10-16-15(11)17-14(19)8-7-12-5-3-2-4-6-12/h2-10H,1H3,(H,16,17,19)/b8-7+. The van der Waals surface area contributed by atoms with Crippen molar-refractivity contribution in [2.24, 2.45) is 0 Å². The van der Waals surface area contributed by atoms with Crippen LogP contribution in [0, 0.1) is 17.0 Å². The monoisotopic (exact) mass is 283 g/mol. The van der Waals surface area contributed by atoms with Crippen molar-refractivity contribution in [3.8, 4) is 0 Å². The van der Waals surface area contributed by atoms with Gasteiger partial charge in [-0.15, -0.1) is 0 Å². The van der Waals surface area contributed by atoms with Crippen molar-refractivity contribution in [2.75, 3.05) is 5.32 Å². The first-order valence-electron chi connectivity index (χ1n) is 6.21. The summed E-state index contributed by atoms with van der Waals surface area (Å²) in [6.45, 7) is 1.65. The molecule has 0 spiro atoms. The molecular weight excluding hydrogens is 270 g/mol. The molecule has 0 saturated carbocycles. The lowest BCUT2D eigenvalue weighted by molar-refractivity contribution is -0.385. The highest BCUT2D eigenvalue weighted by molar-refractivity contribution is 6.01. The Bertz CT molecular complexity index is 697. The van der Waals surface area contributed by atoms with Crippen LogP contribution < -0.4 is 5.32 Å². The molecular formula is C15H13N3O3. The first-order chi connectivity index (χ1) is 10.1. The van der Waals surface area contributed by atoms with Crippen molar-refractivity contribution >= 4 is 23.5 Å². The maximum atomic E-state index is 11.8. The third-order valence-corrected chi connectivity index (χ3v) is 2.74. The Morgan fingerprint density at radius 3 is 2.67 bits per heavy atom. The summed E-state index contributed by atoms with van der Waals surface area (Å²) in [4.78, 5) is 25.8. The molecule has 1 amide bonds. The van der Waals surface area contributed by atoms with E-state index in [1.165, 1.54) is 12.1 Å². The molecule has 1 aromatic carbocycles. The number of carbonyl (C=O) groups is 1. The molecule has 0 atom stereocenters. The maximum absolute atomic E-state index is 11.8. The van der Waals surface area contributed by atoms with Gasteiger partial charge in [0.25, 0.3) is 5.69 Å². The summed E-state index contributed by atoms with van der Waals surface area (Å²) in [5.41, 5.74) is 1.33. The molecule has 6 heteroatoms. The molecule has 0 bridgehead atoms. The molecule has 1 N–H and O–H groups in total. The molecule has 6 nitrogen and oxygen atoms in total. The Morgan fingerprint density at radius 1 is 1.33 bits per heavy atom. The average molecular weight is 283 g/mol. The molecule has 2 aromatic rings. The van der Waals surface area contributed by atoms with Gasteiger partial charge in [-0.1, -0.05) is 30.3 Å². The van der Waals surface area contributed by atoms with Crippen LogP contribution in [0.5, 0.6) is 0 Å². The quantitative estimate of drug-likeness (QED) is 0.531. The Balaban J connectivity index is 2.06. The molecule has 21 heavy (non-hydrogen) atoms. The second-order valence-electron chi connectivity index (χ2n) is 4.35. The van der Waals surface area contributed by atoms with E-state index in [9.17, 15) is 14.9 Å². The average Bonchev–Trinajstić information content (AvgIpc) is 2.48. The molecule has 0 radical (unpaired) electrons. The summed E-state index contributed by atoms with van der Waals surface area (Å²) in [6.07, 6.45) is 4.18. The molecule has 0 saturated heterocycles. The van der Waals surface area contributed by atoms with E-state index < -0.39 is 4.92 Å². The number of nitro groups is 1. The van der Waals surface area contributed by atoms with Crippen LogP contribution in [-0.2, 0) is 4.79 Å². The third-order valence-electron chi connectivity index (χ3n) is 2.74. The number of hydrogen-bond acceptors (Lipinski definition) is 4. The van der Waals surface area contributed by atoms with Crippen LogP contribution in [0.15, 0.2) is 48.7 Å². The first kappa shape index (κ1) is 14.4. The Labute approximate surface area is 121 Å². The summed E-state index contributed by atoms with van der Waals surface area (Å²) in [7, 11) is 0. The van der Waals surface area contributed by atoms with Crippen LogP contribution in [0.1, 0.15) is 11.1 Å². The zero-order chi connectivity index (χ0) is 15.2. The molecule has 0 aliphatic heterocycles. The van der Waals surface area contributed by atoms with E-state index in [-0.39, 0.29) is 11.6 Å². The zero-order valence-electron chi connectivity index (χ0n) is 11.3. The number of carbonyl (C=O) groups excluding carboxylic acids is 1. The Kier molecular flexibility index (Phi) is 4.40. The summed E-state index contributed by atoms with van der Waals surface area (Å²) < 4.78 is 0. The molecule has 1 aromatic heterocycles. The van der Waals surface area contributed by atoms with E-state index in [1.54, 1.807) is 13.0 Å². The van der Waals surface area contributed by atoms with E-state index in [0.29, 0.717) is 11.4 Å². The number of aryl methyl sites for hydroxylation is 1. The molecule has 2 rings (SSSR count). The summed E-state index contributed by atoms with van der Waals surface area (Å²) in [5, 5.41) is 13.2. The topological polar surface area (TPSA) is 85.1 Å². The van der Waals surface area contributed by atoms with Gasteiger partial charge in [-0.25, -0.2) is 4.98 Å². The number of nitrogens with one attached hydrogen (secondary N) is 1. The van der Waals surface area contributed by atoms with Gasteiger partial charge in [0.1, 0.15) is 12.0 Å². The molecule has 0 aliphatic rings. The van der Waals surface area contributed by atoms with Gasteiger partial charge in [-0.3, -0.25) is 14.9 Å². The number of pyridine rings is 1. The van der Waals surface area contributed by atoms with Gasteiger partial charge >= 0.3 is 0 Å². The minimum absolute atomic E-state index is 0.106. The van der Waals surface area contributed by atoms with Crippen LogP contribution in [0.25, 0.3) is 6.08 Å². The van der Waals surface area contributed by atoms with Crippen LogP contribution in [0.4, 0.5) is 11.5 Å². The Hall–Kier alpha value is -3.02. The van der Waals surface area contributed by atoms with Crippen LogP contribution in [-0.4, -0.2) is 15.8 Å². The van der Waals surface area contributed by atoms with Gasteiger partial charge in [-0.05, 0) is 24.1 Å². The van der Waals surface area contributed by atoms with E-state index >= 15 is 0 Å². The van der Waals surface area contributed by atoms with Crippen molar-refractivity contribution in [3.63, 3.8) is 0 Å². The minimum Gasteiger partial charge on any atom is -0.307 e. The van der Waals surface area contributed by atoms with Crippen LogP contribution in [0.3, 0.4) is 0 Å². The van der Waals surface area contributed by atoms with Gasteiger partial charge < -0.3 is 5.32 Å². The molecule has 1 heterocycles. The highest BCUT2D eigenvalue weighted by atomic mass is 16.6. The highest BCUT2D eigenvalue weighted by Crippen LogP contribution is 2.17. The molecule has 0 aliphatic carbocycles. The van der Waals surface area contributed by atoms with E-state index in [4.69, 9.17) is 0 Å². The number of rotatable bonds is 4. The van der Waals surface area contributed by atoms with E-state index in [1.807, 2.05) is 30.3 Å². The lowest BCUT2D eigenvalue weighted by atomic mass is 10.2. The van der Waals surface area contributed by atoms with Gasteiger partial charge in [0.05, 0.1) is 4.92 Å². The summed E-state index contributed by atoms with van der Waals surface area (Å²) in [5.74, 6) is -0.0355. The smallest absolute Gasteiger partial charge is 0.287 e. The maximum Gasteiger partial charge on any atom is 0.287 e. The van der Waals surface area contributed by atoms with E-state index in [2.05, 4.69) is 10.3 Å². The van der Waals surface area contributed by atoms with Crippen LogP contribution in [0.2, 0.25) is 0 Å². The number of anilines is 1. The van der Waals surface area contributed by atoms with Gasteiger partial charge in [0.15, 0.2) is 0 Å². The van der Waals surface area contributed by atoms with Crippen molar-refractivity contribution < 1.29 is 9.72 Å². The normalized spacial score (nSPS) is 10.5. The second kappa shape index (κ2) is 6.42. The number of amides is 1. The van der Waals surface area contributed by atoms with Crippen molar-refractivity contribution in [3.05, 3.63) is 69.9 Å². The summed E-state index contributed by atoms with van der Waals surface area (Å²) in [6, 6.07) is 10.8. The number of aromatic nitrogens is 1. The third kappa shape index (κ3) is 3.97. The number of benzene rings is 1. The van der Waals surface area contributed by atoms with Gasteiger partial charge in [0.2, 0.25) is 5.91 Å². The van der Waals surface area contributed by atoms with Crippen molar-refractivity contribution in [1.29, 1.82) is 0 Å². The van der Waals surface area contributed by atoms with Crippen molar-refractivity contribution in [1.82, 2.24) is 4.98 Å². The van der Waals surface area contributed by atoms with Crippen LogP contribution >= 0.6 is 0 Å². The lowest BCUT2D eigenvalue weighted by Gasteiger charge is -2.04. The minimum atomic E-state index is -0.527. The molecule has 0 fully saturated rings. The molecule has 0 unspecified atom stereocenters. The summed E-state index contributed by atoms with van der Waals surface area (Å²) >= 11 is 0. The largest absolute Gasteiger partial charge is 0.307 e. The lowest BCUT2D eigenvalue weighted by Crippen LogP contribution is -2.10. The SMILES string of the molecule is Cc1cc([N+](=O)[O-])cnc1NC(=O)/C=C/c1ccccc1. The highest BCUT2D eigenvalue weighted by Gasteiger charge is 2.10. The fourth-order valence-electron chi connectivity index (χ4n) is 1.69. The predicted molar refractivity (Wildman–Crippen MR) is 79.7 cm³/mol. The Morgan fingerprint density at radius 2 is 2.05 bits per heavy atom. The molecule has 106 valence electrons. The van der Waals surface area contributed by atoms with Crippen molar-refractivity contribution in [2.45, 2.75) is 6.92 Å². The van der Waals surface area contributed by atoms with E-state index in [0.717, 1.165) is 11.8 Å². The van der Waals surface area contributed by atoms with Gasteiger partial charge in [0, 0.05) is 12.1 Å². The zero-order valence-corrected chi connectivity index (χ0v) is 11.3. The fraction of sp³-hybridized carbons (Fsp3) is 0.0667. The van der Waals surface area contributed by atoms with Gasteiger partial charge in [-0.2, -0.15) is 0 Å². The number of hydrogen-bond donors (Lipinski definition) is 1. The number of nitrogens with zero attached hydrogens (tertiary/aromatic N) is 2. The first-order valence-corrected chi connectivity index (χ1v) is 6.21. The fourth-order valence-corrected chi connectivity index (χ4v) is 1.69.